The predicted octanol–water partition coefficient (Wildman–Crippen LogP) is 4.30. The molecule has 0 saturated heterocycles. The number of anilines is 1. The van der Waals surface area contributed by atoms with E-state index in [1.807, 2.05) is 38.1 Å². The van der Waals surface area contributed by atoms with Crippen LogP contribution in [0.1, 0.15) is 37.5 Å². The number of aryl methyl sites for hydroxylation is 2. The fraction of sp³-hybridized carbons (Fsp3) is 0.318. The maximum Gasteiger partial charge on any atom is 0.234 e. The molecule has 0 fully saturated rings. The lowest BCUT2D eigenvalue weighted by molar-refractivity contribution is -0.113. The van der Waals surface area contributed by atoms with Gasteiger partial charge < -0.3 is 11.2 Å². The smallest absolute Gasteiger partial charge is 0.234 e. The van der Waals surface area contributed by atoms with E-state index in [9.17, 15) is 4.79 Å². The van der Waals surface area contributed by atoms with E-state index in [-0.39, 0.29) is 17.1 Å². The van der Waals surface area contributed by atoms with Crippen molar-refractivity contribution in [3.05, 3.63) is 59.2 Å². The molecule has 0 saturated carbocycles. The molecule has 6 nitrogen and oxygen atoms in total. The second-order valence-corrected chi connectivity index (χ2v) is 9.16. The monoisotopic (exact) mass is 409 g/mol. The Morgan fingerprint density at radius 2 is 1.69 bits per heavy atom. The summed E-state index contributed by atoms with van der Waals surface area (Å²) in [5.74, 6) is 6.84. The zero-order chi connectivity index (χ0) is 21.2. The molecule has 1 amide bonds. The first-order valence-electron chi connectivity index (χ1n) is 9.46. The van der Waals surface area contributed by atoms with E-state index in [1.54, 1.807) is 0 Å². The normalized spacial score (nSPS) is 11.5. The summed E-state index contributed by atoms with van der Waals surface area (Å²) < 4.78 is 1.43. The van der Waals surface area contributed by atoms with Crippen LogP contribution in [0.2, 0.25) is 0 Å². The van der Waals surface area contributed by atoms with Gasteiger partial charge in [-0.15, -0.1) is 10.2 Å². The number of aromatic nitrogens is 3. The first kappa shape index (κ1) is 20.9. The summed E-state index contributed by atoms with van der Waals surface area (Å²) in [5, 5.41) is 11.7. The van der Waals surface area contributed by atoms with Gasteiger partial charge in [0.1, 0.15) is 0 Å². The van der Waals surface area contributed by atoms with Crippen LogP contribution >= 0.6 is 11.8 Å². The molecular formula is C22H27N5OS. The van der Waals surface area contributed by atoms with Crippen molar-refractivity contribution in [2.45, 2.75) is 45.2 Å². The summed E-state index contributed by atoms with van der Waals surface area (Å²) in [7, 11) is 0. The lowest BCUT2D eigenvalue weighted by atomic mass is 9.87. The van der Waals surface area contributed by atoms with Crippen LogP contribution in [0.4, 0.5) is 5.69 Å². The molecule has 0 aliphatic rings. The number of nitrogen functional groups attached to an aromatic ring is 1. The molecule has 7 heteroatoms. The van der Waals surface area contributed by atoms with Crippen molar-refractivity contribution in [2.75, 3.05) is 16.9 Å². The summed E-state index contributed by atoms with van der Waals surface area (Å²) in [6.45, 7) is 10.5. The van der Waals surface area contributed by atoms with Gasteiger partial charge in [0.25, 0.3) is 0 Å². The molecule has 0 atom stereocenters. The van der Waals surface area contributed by atoms with E-state index >= 15 is 0 Å². The molecule has 2 aromatic carbocycles. The van der Waals surface area contributed by atoms with Gasteiger partial charge in [-0.1, -0.05) is 62.9 Å². The number of hydrogen-bond acceptors (Lipinski definition) is 5. The molecule has 0 aliphatic heterocycles. The van der Waals surface area contributed by atoms with Gasteiger partial charge in [-0.25, -0.2) is 4.68 Å². The molecule has 29 heavy (non-hydrogen) atoms. The van der Waals surface area contributed by atoms with Crippen LogP contribution in [0.5, 0.6) is 0 Å². The lowest BCUT2D eigenvalue weighted by Gasteiger charge is -2.19. The van der Waals surface area contributed by atoms with Crippen molar-refractivity contribution >= 4 is 23.4 Å². The Kier molecular flexibility index (Phi) is 5.98. The molecule has 3 rings (SSSR count). The molecule has 0 aliphatic carbocycles. The topological polar surface area (TPSA) is 85.8 Å². The van der Waals surface area contributed by atoms with Gasteiger partial charge in [0.2, 0.25) is 11.1 Å². The molecule has 3 N–H and O–H groups in total. The minimum Gasteiger partial charge on any atom is -0.335 e. The number of rotatable bonds is 5. The van der Waals surface area contributed by atoms with Crippen molar-refractivity contribution in [3.63, 3.8) is 0 Å². The van der Waals surface area contributed by atoms with Gasteiger partial charge in [0, 0.05) is 11.3 Å². The maximum atomic E-state index is 12.3. The molecule has 1 aromatic heterocycles. The molecule has 0 radical (unpaired) electrons. The third kappa shape index (κ3) is 5.17. The zero-order valence-corrected chi connectivity index (χ0v) is 18.3. The molecule has 0 bridgehead atoms. The number of nitrogens with one attached hydrogen (secondary N) is 1. The summed E-state index contributed by atoms with van der Waals surface area (Å²) in [6, 6.07) is 14.1. The van der Waals surface area contributed by atoms with Crippen molar-refractivity contribution in [2.24, 2.45) is 0 Å². The second kappa shape index (κ2) is 8.29. The lowest BCUT2D eigenvalue weighted by Crippen LogP contribution is -2.16. The number of carbonyl (C=O) groups is 1. The highest BCUT2D eigenvalue weighted by Gasteiger charge is 2.16. The average Bonchev–Trinajstić information content (AvgIpc) is 2.99. The third-order valence-electron chi connectivity index (χ3n) is 4.51. The average molecular weight is 410 g/mol. The predicted molar refractivity (Wildman–Crippen MR) is 120 cm³/mol. The Labute approximate surface area is 175 Å². The first-order chi connectivity index (χ1) is 13.6. The van der Waals surface area contributed by atoms with Gasteiger partial charge in [-0.05, 0) is 48.1 Å². The molecular weight excluding hydrogens is 382 g/mol. The number of thioether (sulfide) groups is 1. The highest BCUT2D eigenvalue weighted by atomic mass is 32.2. The highest BCUT2D eigenvalue weighted by molar-refractivity contribution is 7.99. The Morgan fingerprint density at radius 1 is 1.07 bits per heavy atom. The highest BCUT2D eigenvalue weighted by Crippen LogP contribution is 2.26. The number of nitrogens with zero attached hydrogens (tertiary/aromatic N) is 3. The van der Waals surface area contributed by atoms with Gasteiger partial charge >= 0.3 is 0 Å². The van der Waals surface area contributed by atoms with E-state index in [2.05, 4.69) is 54.5 Å². The quantitative estimate of drug-likeness (QED) is 0.485. The largest absolute Gasteiger partial charge is 0.335 e. The SMILES string of the molecule is Cc1cc(C)cc(NC(=O)CSc2nnc(-c3ccc(C(C)(C)C)cc3)n2N)c1. The molecule has 152 valence electrons. The standard InChI is InChI=1S/C22H27N5OS/c1-14-10-15(2)12-18(11-14)24-19(28)13-29-21-26-25-20(27(21)23)16-6-8-17(9-7-16)22(3,4)5/h6-12H,13,23H2,1-5H3,(H,24,28). The molecule has 0 unspecified atom stereocenters. The van der Waals surface area contributed by atoms with Crippen molar-refractivity contribution < 1.29 is 4.79 Å². The van der Waals surface area contributed by atoms with E-state index in [0.29, 0.717) is 11.0 Å². The fourth-order valence-corrected chi connectivity index (χ4v) is 3.72. The molecule has 0 spiro atoms. The van der Waals surface area contributed by atoms with Crippen LogP contribution in [0, 0.1) is 13.8 Å². The van der Waals surface area contributed by atoms with Crippen LogP contribution in [-0.4, -0.2) is 26.5 Å². The summed E-state index contributed by atoms with van der Waals surface area (Å²) in [5.41, 5.74) is 5.22. The number of amides is 1. The van der Waals surface area contributed by atoms with E-state index in [1.165, 1.54) is 22.0 Å². The van der Waals surface area contributed by atoms with E-state index in [0.717, 1.165) is 22.4 Å². The summed E-state index contributed by atoms with van der Waals surface area (Å²) in [6.07, 6.45) is 0. The fourth-order valence-electron chi connectivity index (χ4n) is 3.07. The zero-order valence-electron chi connectivity index (χ0n) is 17.5. The minimum absolute atomic E-state index is 0.0825. The van der Waals surface area contributed by atoms with Gasteiger partial charge in [0.05, 0.1) is 5.75 Å². The van der Waals surface area contributed by atoms with Crippen LogP contribution in [-0.2, 0) is 10.2 Å². The Hall–Kier alpha value is -2.80. The number of benzene rings is 2. The number of hydrogen-bond donors (Lipinski definition) is 2. The Balaban J connectivity index is 1.66. The van der Waals surface area contributed by atoms with Gasteiger partial charge in [-0.2, -0.15) is 0 Å². The van der Waals surface area contributed by atoms with E-state index in [4.69, 9.17) is 5.84 Å². The van der Waals surface area contributed by atoms with Crippen LogP contribution in [0.25, 0.3) is 11.4 Å². The van der Waals surface area contributed by atoms with Gasteiger partial charge in [-0.3, -0.25) is 4.79 Å². The summed E-state index contributed by atoms with van der Waals surface area (Å²) >= 11 is 1.26. The first-order valence-corrected chi connectivity index (χ1v) is 10.4. The number of carbonyl (C=O) groups excluding carboxylic acids is 1. The van der Waals surface area contributed by atoms with Gasteiger partial charge in [0.15, 0.2) is 5.82 Å². The summed E-state index contributed by atoms with van der Waals surface area (Å²) in [4.78, 5) is 12.3. The molecule has 1 heterocycles. The second-order valence-electron chi connectivity index (χ2n) is 8.22. The van der Waals surface area contributed by atoms with Crippen molar-refractivity contribution in [3.8, 4) is 11.4 Å². The van der Waals surface area contributed by atoms with E-state index < -0.39 is 0 Å². The van der Waals surface area contributed by atoms with Crippen LogP contribution < -0.4 is 11.2 Å². The maximum absolute atomic E-state index is 12.3. The number of nitrogens with two attached hydrogens (primary N) is 1. The van der Waals surface area contributed by atoms with Crippen LogP contribution in [0.15, 0.2) is 47.6 Å². The van der Waals surface area contributed by atoms with Crippen molar-refractivity contribution in [1.82, 2.24) is 14.9 Å². The third-order valence-corrected chi connectivity index (χ3v) is 5.45. The Morgan fingerprint density at radius 3 is 2.28 bits per heavy atom. The minimum atomic E-state index is -0.112. The molecule has 3 aromatic rings. The van der Waals surface area contributed by atoms with Crippen molar-refractivity contribution in [1.29, 1.82) is 0 Å². The van der Waals surface area contributed by atoms with Crippen LogP contribution in [0.3, 0.4) is 0 Å². The Bertz CT molecular complexity index is 998.